The van der Waals surface area contributed by atoms with Gasteiger partial charge in [0, 0.05) is 38.4 Å². The van der Waals surface area contributed by atoms with Gasteiger partial charge in [-0.05, 0) is 49.2 Å². The number of carbonyl (C=O) groups is 3. The van der Waals surface area contributed by atoms with Crippen molar-refractivity contribution in [1.82, 2.24) is 9.80 Å². The lowest BCUT2D eigenvalue weighted by atomic mass is 10.1. The van der Waals surface area contributed by atoms with E-state index in [0.717, 1.165) is 25.2 Å². The molecule has 1 aliphatic heterocycles. The number of ether oxygens (including phenoxy) is 1. The van der Waals surface area contributed by atoms with Crippen molar-refractivity contribution in [1.29, 1.82) is 0 Å². The van der Waals surface area contributed by atoms with Crippen LogP contribution in [0.2, 0.25) is 0 Å². The number of piperazine rings is 1. The molecule has 0 unspecified atom stereocenters. The molecule has 3 aromatic rings. The maximum Gasteiger partial charge on any atom is 0.338 e. The molecule has 1 N–H and O–H groups in total. The van der Waals surface area contributed by atoms with Crippen molar-refractivity contribution < 1.29 is 23.5 Å². The molecule has 0 atom stereocenters. The van der Waals surface area contributed by atoms with Crippen LogP contribution in [0.25, 0.3) is 0 Å². The molecule has 0 saturated carbocycles. The van der Waals surface area contributed by atoms with Crippen LogP contribution in [0.5, 0.6) is 0 Å². The van der Waals surface area contributed by atoms with Crippen LogP contribution in [0.15, 0.2) is 65.3 Å². The minimum absolute atomic E-state index is 0.168. The summed E-state index contributed by atoms with van der Waals surface area (Å²) in [6.45, 7) is 7.15. The third-order valence-electron chi connectivity index (χ3n) is 6.01. The van der Waals surface area contributed by atoms with E-state index in [1.807, 2.05) is 6.92 Å². The summed E-state index contributed by atoms with van der Waals surface area (Å²) in [5.74, 6) is -1.08. The molecule has 2 heterocycles. The zero-order chi connectivity index (χ0) is 24.8. The van der Waals surface area contributed by atoms with Gasteiger partial charge in [-0.15, -0.1) is 0 Å². The zero-order valence-electron chi connectivity index (χ0n) is 20.0. The van der Waals surface area contributed by atoms with Crippen molar-refractivity contribution in [2.24, 2.45) is 0 Å². The number of nitrogens with one attached hydrogen (secondary N) is 1. The molecule has 1 aromatic heterocycles. The summed E-state index contributed by atoms with van der Waals surface area (Å²) in [4.78, 5) is 41.5. The molecule has 2 amide bonds. The highest BCUT2D eigenvalue weighted by molar-refractivity contribution is 6.03. The van der Waals surface area contributed by atoms with Crippen molar-refractivity contribution in [3.63, 3.8) is 0 Å². The Balaban J connectivity index is 1.26. The van der Waals surface area contributed by atoms with Crippen LogP contribution in [0, 0.1) is 13.8 Å². The Kier molecular flexibility index (Phi) is 7.62. The lowest BCUT2D eigenvalue weighted by molar-refractivity contribution is -0.136. The molecule has 2 aromatic carbocycles. The Labute approximate surface area is 204 Å². The summed E-state index contributed by atoms with van der Waals surface area (Å²) < 4.78 is 10.4. The fraction of sp³-hybridized carbons (Fsp3) is 0.296. The van der Waals surface area contributed by atoms with E-state index in [9.17, 15) is 14.4 Å². The highest BCUT2D eigenvalue weighted by Gasteiger charge is 2.22. The molecule has 0 aliphatic carbocycles. The summed E-state index contributed by atoms with van der Waals surface area (Å²) >= 11 is 0. The maximum absolute atomic E-state index is 12.6. The summed E-state index contributed by atoms with van der Waals surface area (Å²) in [6.07, 6.45) is 1.41. The number of carbonyl (C=O) groups excluding carboxylic acids is 3. The molecule has 8 heteroatoms. The first-order valence-electron chi connectivity index (χ1n) is 11.6. The number of aryl methyl sites for hydroxylation is 2. The first kappa shape index (κ1) is 24.2. The number of hydrogen-bond donors (Lipinski definition) is 1. The summed E-state index contributed by atoms with van der Waals surface area (Å²) in [5.41, 5.74) is 3.99. The van der Waals surface area contributed by atoms with Gasteiger partial charge in [-0.3, -0.25) is 14.5 Å². The van der Waals surface area contributed by atoms with E-state index in [1.165, 1.54) is 23.5 Å². The van der Waals surface area contributed by atoms with Crippen LogP contribution in [0.1, 0.15) is 37.6 Å². The van der Waals surface area contributed by atoms with Gasteiger partial charge in [-0.25, -0.2) is 4.79 Å². The van der Waals surface area contributed by atoms with E-state index in [1.54, 1.807) is 29.2 Å². The lowest BCUT2D eigenvalue weighted by Gasteiger charge is -2.34. The highest BCUT2D eigenvalue weighted by Crippen LogP contribution is 2.19. The Bertz CT molecular complexity index is 1200. The normalized spacial score (nSPS) is 13.9. The van der Waals surface area contributed by atoms with Gasteiger partial charge < -0.3 is 19.4 Å². The van der Waals surface area contributed by atoms with Gasteiger partial charge in [0.1, 0.15) is 0 Å². The number of furan rings is 1. The second kappa shape index (κ2) is 11.0. The molecule has 1 fully saturated rings. The number of amides is 2. The van der Waals surface area contributed by atoms with Crippen LogP contribution in [-0.2, 0) is 16.1 Å². The minimum atomic E-state index is -0.620. The highest BCUT2D eigenvalue weighted by atomic mass is 16.5. The van der Waals surface area contributed by atoms with E-state index >= 15 is 0 Å². The molecule has 8 nitrogen and oxygen atoms in total. The molecular formula is C27H29N3O5. The van der Waals surface area contributed by atoms with Gasteiger partial charge in [-0.2, -0.15) is 0 Å². The number of rotatable bonds is 7. The monoisotopic (exact) mass is 475 g/mol. The Hall–Kier alpha value is -3.91. The molecular weight excluding hydrogens is 446 g/mol. The second-order valence-electron chi connectivity index (χ2n) is 8.68. The molecule has 0 bridgehead atoms. The van der Waals surface area contributed by atoms with Gasteiger partial charge >= 0.3 is 5.97 Å². The summed E-state index contributed by atoms with van der Waals surface area (Å²) in [5, 5.41) is 2.73. The third kappa shape index (κ3) is 6.36. The van der Waals surface area contributed by atoms with Crippen LogP contribution in [0.3, 0.4) is 0 Å². The van der Waals surface area contributed by atoms with E-state index in [4.69, 9.17) is 9.15 Å². The predicted octanol–water partition coefficient (Wildman–Crippen LogP) is 3.65. The molecule has 182 valence electrons. The average molecular weight is 476 g/mol. The molecule has 1 saturated heterocycles. The lowest BCUT2D eigenvalue weighted by Crippen LogP contribution is -2.49. The molecule has 0 spiro atoms. The van der Waals surface area contributed by atoms with Gasteiger partial charge in [-0.1, -0.05) is 35.9 Å². The molecule has 35 heavy (non-hydrogen) atoms. The Morgan fingerprint density at radius 3 is 2.49 bits per heavy atom. The van der Waals surface area contributed by atoms with Crippen LogP contribution in [-0.4, -0.2) is 60.4 Å². The molecule has 4 rings (SSSR count). The predicted molar refractivity (Wildman–Crippen MR) is 131 cm³/mol. The quantitative estimate of drug-likeness (QED) is 0.525. The topological polar surface area (TPSA) is 92.1 Å². The fourth-order valence-corrected chi connectivity index (χ4v) is 4.00. The Morgan fingerprint density at radius 2 is 1.77 bits per heavy atom. The van der Waals surface area contributed by atoms with Crippen molar-refractivity contribution in [3.05, 3.63) is 88.9 Å². The van der Waals surface area contributed by atoms with Gasteiger partial charge in [0.2, 0.25) is 0 Å². The summed E-state index contributed by atoms with van der Waals surface area (Å²) in [6, 6.07) is 16.5. The SMILES string of the molecule is Cc1cccc(CN2CCN(C(=O)COC(=O)c3ccc(C)c(NC(=O)c4ccco4)c3)CC2)c1. The number of hydrogen-bond acceptors (Lipinski definition) is 6. The molecule has 0 radical (unpaired) electrons. The maximum atomic E-state index is 12.6. The zero-order valence-corrected chi connectivity index (χ0v) is 20.0. The van der Waals surface area contributed by atoms with Crippen LogP contribution in [0.4, 0.5) is 5.69 Å². The van der Waals surface area contributed by atoms with Crippen molar-refractivity contribution in [2.45, 2.75) is 20.4 Å². The molecule has 1 aliphatic rings. The van der Waals surface area contributed by atoms with E-state index in [2.05, 4.69) is 41.4 Å². The average Bonchev–Trinajstić information content (AvgIpc) is 3.39. The largest absolute Gasteiger partial charge is 0.459 e. The minimum Gasteiger partial charge on any atom is -0.459 e. The van der Waals surface area contributed by atoms with E-state index in [-0.39, 0.29) is 23.8 Å². The second-order valence-corrected chi connectivity index (χ2v) is 8.68. The first-order valence-corrected chi connectivity index (χ1v) is 11.6. The smallest absolute Gasteiger partial charge is 0.338 e. The van der Waals surface area contributed by atoms with Gasteiger partial charge in [0.25, 0.3) is 11.8 Å². The number of benzene rings is 2. The third-order valence-corrected chi connectivity index (χ3v) is 6.01. The first-order chi connectivity index (χ1) is 16.9. The van der Waals surface area contributed by atoms with Crippen molar-refractivity contribution >= 4 is 23.5 Å². The van der Waals surface area contributed by atoms with Crippen LogP contribution < -0.4 is 5.32 Å². The van der Waals surface area contributed by atoms with Crippen molar-refractivity contribution in [3.8, 4) is 0 Å². The number of esters is 1. The Morgan fingerprint density at radius 1 is 0.971 bits per heavy atom. The van der Waals surface area contributed by atoms with Crippen LogP contribution >= 0.6 is 0 Å². The van der Waals surface area contributed by atoms with E-state index in [0.29, 0.717) is 18.8 Å². The fourth-order valence-electron chi connectivity index (χ4n) is 4.00. The van der Waals surface area contributed by atoms with E-state index < -0.39 is 11.9 Å². The standard InChI is InChI=1S/C27H29N3O5/c1-19-5-3-6-21(15-19)17-29-10-12-30(13-11-29)25(31)18-35-27(33)22-9-8-20(2)23(16-22)28-26(32)24-7-4-14-34-24/h3-9,14-16H,10-13,17-18H2,1-2H3,(H,28,32). The van der Waals surface area contributed by atoms with Gasteiger partial charge in [0.15, 0.2) is 12.4 Å². The van der Waals surface area contributed by atoms with Crippen molar-refractivity contribution in [2.75, 3.05) is 38.1 Å². The summed E-state index contributed by atoms with van der Waals surface area (Å²) in [7, 11) is 0. The number of anilines is 1. The van der Waals surface area contributed by atoms with Gasteiger partial charge in [0.05, 0.1) is 11.8 Å². The number of nitrogens with zero attached hydrogens (tertiary/aromatic N) is 2.